The highest BCUT2D eigenvalue weighted by Gasteiger charge is 2.23. The SMILES string of the molecule is COC(=O)C(CC(C)C)NC(=O)CSc1nc(N)cc(N)c1C#N. The Hall–Kier alpha value is -2.47. The Morgan fingerprint density at radius 3 is 2.67 bits per heavy atom. The number of amides is 1. The van der Waals surface area contributed by atoms with Crippen molar-refractivity contribution >= 4 is 35.1 Å². The van der Waals surface area contributed by atoms with Gasteiger partial charge in [-0.25, -0.2) is 9.78 Å². The van der Waals surface area contributed by atoms with Crippen LogP contribution in [0.25, 0.3) is 0 Å². The van der Waals surface area contributed by atoms with Crippen LogP contribution in [-0.2, 0) is 14.3 Å². The maximum absolute atomic E-state index is 12.1. The fraction of sp³-hybridized carbons (Fsp3) is 0.467. The van der Waals surface area contributed by atoms with Crippen molar-refractivity contribution in [3.63, 3.8) is 0 Å². The smallest absolute Gasteiger partial charge is 0.328 e. The highest BCUT2D eigenvalue weighted by atomic mass is 32.2. The molecule has 5 N–H and O–H groups in total. The summed E-state index contributed by atoms with van der Waals surface area (Å²) in [6.07, 6.45) is 0.468. The van der Waals surface area contributed by atoms with Crippen molar-refractivity contribution < 1.29 is 14.3 Å². The first-order valence-electron chi connectivity index (χ1n) is 7.24. The first kappa shape index (κ1) is 19.6. The summed E-state index contributed by atoms with van der Waals surface area (Å²) < 4.78 is 4.70. The van der Waals surface area contributed by atoms with Gasteiger partial charge in [-0.05, 0) is 12.3 Å². The second kappa shape index (κ2) is 8.98. The fourth-order valence-corrected chi connectivity index (χ4v) is 2.80. The van der Waals surface area contributed by atoms with Gasteiger partial charge in [-0.15, -0.1) is 0 Å². The molecule has 0 aliphatic rings. The van der Waals surface area contributed by atoms with Gasteiger partial charge in [0.25, 0.3) is 0 Å². The highest BCUT2D eigenvalue weighted by molar-refractivity contribution is 8.00. The summed E-state index contributed by atoms with van der Waals surface area (Å²) >= 11 is 1.03. The monoisotopic (exact) mass is 351 g/mol. The van der Waals surface area contributed by atoms with Gasteiger partial charge in [-0.3, -0.25) is 4.79 Å². The first-order valence-corrected chi connectivity index (χ1v) is 8.23. The van der Waals surface area contributed by atoms with Crippen LogP contribution >= 0.6 is 11.8 Å². The van der Waals surface area contributed by atoms with E-state index in [0.717, 1.165) is 11.8 Å². The molecule has 9 heteroatoms. The summed E-state index contributed by atoms with van der Waals surface area (Å²) in [4.78, 5) is 27.8. The molecule has 0 saturated heterocycles. The van der Waals surface area contributed by atoms with Crippen molar-refractivity contribution in [3.05, 3.63) is 11.6 Å². The summed E-state index contributed by atoms with van der Waals surface area (Å²) in [5.74, 6) is -0.519. The third-order valence-corrected chi connectivity index (χ3v) is 3.99. The molecule has 1 atom stereocenters. The van der Waals surface area contributed by atoms with Gasteiger partial charge in [0, 0.05) is 6.07 Å². The molecule has 0 saturated carbocycles. The number of esters is 1. The van der Waals surface area contributed by atoms with Gasteiger partial charge in [0.15, 0.2) is 0 Å². The Labute approximate surface area is 144 Å². The molecule has 0 spiro atoms. The number of anilines is 2. The number of nitriles is 1. The number of nitrogens with two attached hydrogens (primary N) is 2. The van der Waals surface area contributed by atoms with E-state index >= 15 is 0 Å². The number of nitrogens with one attached hydrogen (secondary N) is 1. The van der Waals surface area contributed by atoms with Gasteiger partial charge in [0.1, 0.15) is 28.5 Å². The normalized spacial score (nSPS) is 11.6. The molecule has 8 nitrogen and oxygen atoms in total. The van der Waals surface area contributed by atoms with Crippen LogP contribution in [0.4, 0.5) is 11.5 Å². The molecule has 1 aromatic heterocycles. The van der Waals surface area contributed by atoms with E-state index in [-0.39, 0.29) is 39.7 Å². The van der Waals surface area contributed by atoms with Gasteiger partial charge in [-0.2, -0.15) is 5.26 Å². The lowest BCUT2D eigenvalue weighted by Crippen LogP contribution is -2.43. The molecular weight excluding hydrogens is 330 g/mol. The maximum Gasteiger partial charge on any atom is 0.328 e. The fourth-order valence-electron chi connectivity index (χ4n) is 1.97. The van der Waals surface area contributed by atoms with Crippen molar-refractivity contribution in [2.24, 2.45) is 5.92 Å². The lowest BCUT2D eigenvalue weighted by atomic mass is 10.0. The van der Waals surface area contributed by atoms with Gasteiger partial charge in [0.2, 0.25) is 5.91 Å². The molecule has 1 rings (SSSR count). The number of carbonyl (C=O) groups excluding carboxylic acids is 2. The van der Waals surface area contributed by atoms with Crippen LogP contribution < -0.4 is 16.8 Å². The minimum Gasteiger partial charge on any atom is -0.467 e. The Kier molecular flexibility index (Phi) is 7.32. The van der Waals surface area contributed by atoms with Crippen molar-refractivity contribution in [2.75, 3.05) is 24.3 Å². The number of pyridine rings is 1. The zero-order chi connectivity index (χ0) is 18.3. The van der Waals surface area contributed by atoms with Crippen LogP contribution in [0, 0.1) is 17.2 Å². The molecule has 1 heterocycles. The number of ether oxygens (including phenoxy) is 1. The minimum atomic E-state index is -0.711. The Morgan fingerprint density at radius 2 is 2.12 bits per heavy atom. The number of carbonyl (C=O) groups is 2. The minimum absolute atomic E-state index is 0.0316. The summed E-state index contributed by atoms with van der Waals surface area (Å²) in [6, 6.07) is 2.62. The molecule has 130 valence electrons. The number of thioether (sulfide) groups is 1. The van der Waals surface area contributed by atoms with E-state index in [4.69, 9.17) is 21.5 Å². The molecule has 1 amide bonds. The number of rotatable bonds is 7. The number of hydrogen-bond donors (Lipinski definition) is 3. The lowest BCUT2D eigenvalue weighted by molar-refractivity contribution is -0.145. The first-order chi connectivity index (χ1) is 11.3. The largest absolute Gasteiger partial charge is 0.467 e. The molecule has 0 aliphatic heterocycles. The van der Waals surface area contributed by atoms with E-state index in [0.29, 0.717) is 6.42 Å². The van der Waals surface area contributed by atoms with Gasteiger partial charge >= 0.3 is 5.97 Å². The number of hydrogen-bond acceptors (Lipinski definition) is 8. The molecule has 0 radical (unpaired) electrons. The molecule has 0 fully saturated rings. The molecule has 0 aliphatic carbocycles. The second-order valence-corrected chi connectivity index (χ2v) is 6.45. The standard InChI is InChI=1S/C15H21N5O3S/c1-8(2)4-11(15(22)23-3)19-13(21)7-24-14-9(6-16)10(17)5-12(18)20-14/h5,8,11H,4,7H2,1-3H3,(H,19,21)(H4,17,18,20). The van der Waals surface area contributed by atoms with Gasteiger partial charge in [-0.1, -0.05) is 25.6 Å². The highest BCUT2D eigenvalue weighted by Crippen LogP contribution is 2.26. The summed E-state index contributed by atoms with van der Waals surface area (Å²) in [5, 5.41) is 12.0. The molecule has 1 unspecified atom stereocenters. The van der Waals surface area contributed by atoms with E-state index in [9.17, 15) is 9.59 Å². The third-order valence-electron chi connectivity index (χ3n) is 3.02. The van der Waals surface area contributed by atoms with Gasteiger partial charge in [0.05, 0.1) is 18.6 Å². The predicted octanol–water partition coefficient (Wildman–Crippen LogP) is 0.914. The van der Waals surface area contributed by atoms with Crippen molar-refractivity contribution in [2.45, 2.75) is 31.3 Å². The van der Waals surface area contributed by atoms with Crippen LogP contribution in [0.1, 0.15) is 25.8 Å². The molecule has 0 bridgehead atoms. The average molecular weight is 351 g/mol. The summed E-state index contributed by atoms with van der Waals surface area (Å²) in [6.45, 7) is 3.88. The Bertz CT molecular complexity index is 657. The zero-order valence-electron chi connectivity index (χ0n) is 13.8. The van der Waals surface area contributed by atoms with Crippen LogP contribution in [0.15, 0.2) is 11.1 Å². The number of nitrogen functional groups attached to an aromatic ring is 2. The third kappa shape index (κ3) is 5.62. The lowest BCUT2D eigenvalue weighted by Gasteiger charge is -2.18. The summed E-state index contributed by atoms with van der Waals surface area (Å²) in [5.41, 5.74) is 11.7. The van der Waals surface area contributed by atoms with E-state index in [2.05, 4.69) is 10.3 Å². The van der Waals surface area contributed by atoms with Crippen LogP contribution in [0.3, 0.4) is 0 Å². The second-order valence-electron chi connectivity index (χ2n) is 5.49. The number of aromatic nitrogens is 1. The van der Waals surface area contributed by atoms with E-state index in [1.165, 1.54) is 13.2 Å². The zero-order valence-corrected chi connectivity index (χ0v) is 14.6. The average Bonchev–Trinajstić information content (AvgIpc) is 2.50. The number of methoxy groups -OCH3 is 1. The van der Waals surface area contributed by atoms with Crippen LogP contribution in [-0.4, -0.2) is 35.8 Å². The molecule has 1 aromatic rings. The Morgan fingerprint density at radius 1 is 1.46 bits per heavy atom. The predicted molar refractivity (Wildman–Crippen MR) is 91.9 cm³/mol. The molecule has 0 aromatic carbocycles. The summed E-state index contributed by atoms with van der Waals surface area (Å²) in [7, 11) is 1.27. The van der Waals surface area contributed by atoms with E-state index in [1.807, 2.05) is 19.9 Å². The Balaban J connectivity index is 2.75. The van der Waals surface area contributed by atoms with E-state index in [1.54, 1.807) is 0 Å². The number of nitrogens with zero attached hydrogens (tertiary/aromatic N) is 2. The van der Waals surface area contributed by atoms with E-state index < -0.39 is 12.0 Å². The maximum atomic E-state index is 12.1. The molecular formula is C15H21N5O3S. The topological polar surface area (TPSA) is 144 Å². The van der Waals surface area contributed by atoms with Crippen LogP contribution in [0.2, 0.25) is 0 Å². The van der Waals surface area contributed by atoms with Crippen molar-refractivity contribution in [3.8, 4) is 6.07 Å². The van der Waals surface area contributed by atoms with Crippen molar-refractivity contribution in [1.82, 2.24) is 10.3 Å². The van der Waals surface area contributed by atoms with Crippen LogP contribution in [0.5, 0.6) is 0 Å². The molecule has 24 heavy (non-hydrogen) atoms. The van der Waals surface area contributed by atoms with Gasteiger partial charge < -0.3 is 21.5 Å². The van der Waals surface area contributed by atoms with Crippen molar-refractivity contribution in [1.29, 1.82) is 5.26 Å². The quantitative estimate of drug-likeness (QED) is 0.486.